The summed E-state index contributed by atoms with van der Waals surface area (Å²) in [5.41, 5.74) is 1.40. The Morgan fingerprint density at radius 3 is 2.31 bits per heavy atom. The molecule has 2 heterocycles. The monoisotopic (exact) mass is 280 g/mol. The number of hydrogen-bond acceptors (Lipinski definition) is 5. The first-order valence-corrected chi connectivity index (χ1v) is 7.10. The van der Waals surface area contributed by atoms with Gasteiger partial charge in [-0.15, -0.1) is 10.2 Å². The van der Waals surface area contributed by atoms with Crippen molar-refractivity contribution in [1.82, 2.24) is 0 Å². The Bertz CT molecular complexity index is 472. The van der Waals surface area contributed by atoms with Crippen LogP contribution < -0.4 is 18.6 Å². The molecule has 88 valence electrons. The Kier molecular flexibility index (Phi) is 4.57. The summed E-state index contributed by atoms with van der Waals surface area (Å²) in [6, 6.07) is 4.45. The highest BCUT2D eigenvalue weighted by Crippen LogP contribution is 2.29. The van der Waals surface area contributed by atoms with Crippen LogP contribution in [0.3, 0.4) is 0 Å². The molecule has 0 atom stereocenters. The van der Waals surface area contributed by atoms with E-state index in [2.05, 4.69) is 31.4 Å². The molecule has 2 aromatic rings. The molecule has 0 unspecified atom stereocenters. The van der Waals surface area contributed by atoms with Gasteiger partial charge in [0, 0.05) is 0 Å². The van der Waals surface area contributed by atoms with E-state index in [4.69, 9.17) is 18.6 Å². The summed E-state index contributed by atoms with van der Waals surface area (Å²) in [7, 11) is -4.94. The molecule has 0 bridgehead atoms. The second kappa shape index (κ2) is 5.33. The molecule has 0 spiro atoms. The maximum absolute atomic E-state index is 8.49. The zero-order valence-electron chi connectivity index (χ0n) is 8.56. The van der Waals surface area contributed by atoms with Gasteiger partial charge in [-0.05, 0) is 31.5 Å². The lowest BCUT2D eigenvalue weighted by atomic mass is 10.2. The van der Waals surface area contributed by atoms with Crippen LogP contribution in [-0.2, 0) is 0 Å². The lowest BCUT2D eigenvalue weighted by Crippen LogP contribution is -2.68. The second-order valence-electron chi connectivity index (χ2n) is 3.04. The first-order chi connectivity index (χ1) is 7.27. The number of fused-ring (bicyclic) bond motifs is 1. The minimum atomic E-state index is -4.94. The van der Waals surface area contributed by atoms with Gasteiger partial charge < -0.3 is 0 Å². The first kappa shape index (κ1) is 13.7. The van der Waals surface area contributed by atoms with E-state index in [9.17, 15) is 0 Å². The lowest BCUT2D eigenvalue weighted by Gasteiger charge is -2.17. The Hall–Kier alpha value is -0.340. The zero-order valence-corrected chi connectivity index (χ0v) is 10.9. The number of aryl methyl sites for hydroxylation is 2. The Labute approximate surface area is 103 Å². The van der Waals surface area contributed by atoms with Crippen LogP contribution in [0.1, 0.15) is 10.4 Å². The predicted octanol–water partition coefficient (Wildman–Crippen LogP) is -0.895. The van der Waals surface area contributed by atoms with Gasteiger partial charge >= 0.3 is 0 Å². The Balaban J connectivity index is 0.000000221. The molecule has 0 fully saturated rings. The number of hydrogen-bond donors (Lipinski definition) is 0. The summed E-state index contributed by atoms with van der Waals surface area (Å²) >= 11 is 3.72. The van der Waals surface area contributed by atoms with Crippen molar-refractivity contribution in [3.05, 3.63) is 28.0 Å². The molecule has 0 saturated carbocycles. The van der Waals surface area contributed by atoms with E-state index < -0.39 is 10.2 Å². The lowest BCUT2D eigenvalue weighted by molar-refractivity contribution is -2.00. The van der Waals surface area contributed by atoms with Crippen LogP contribution in [0, 0.1) is 24.1 Å². The van der Waals surface area contributed by atoms with E-state index in [1.54, 1.807) is 0 Å². The van der Waals surface area contributed by atoms with E-state index in [1.807, 2.05) is 22.7 Å². The van der Waals surface area contributed by atoms with Crippen molar-refractivity contribution < 1.29 is 28.9 Å². The molecule has 2 aromatic heterocycles. The summed E-state index contributed by atoms with van der Waals surface area (Å²) in [5.74, 6) is 0. The van der Waals surface area contributed by atoms with Crippen molar-refractivity contribution in [3.8, 4) is 0 Å². The van der Waals surface area contributed by atoms with Gasteiger partial charge in [-0.2, -0.15) is 0 Å². The zero-order chi connectivity index (χ0) is 12.3. The molecule has 2 rings (SSSR count). The highest BCUT2D eigenvalue weighted by atomic mass is 35.7. The van der Waals surface area contributed by atoms with Gasteiger partial charge in [0.05, 0.1) is 33.4 Å². The van der Waals surface area contributed by atoms with Crippen LogP contribution >= 0.6 is 22.7 Å². The number of thiophene rings is 1. The molecule has 0 aliphatic carbocycles. The van der Waals surface area contributed by atoms with Gasteiger partial charge in [-0.25, -0.2) is 18.6 Å². The predicted molar refractivity (Wildman–Crippen MR) is 53.6 cm³/mol. The summed E-state index contributed by atoms with van der Waals surface area (Å²) < 4.78 is 35.4. The largest absolute Gasteiger partial charge is 0.285 e. The average Bonchev–Trinajstić information content (AvgIpc) is 2.47. The van der Waals surface area contributed by atoms with Crippen molar-refractivity contribution in [1.29, 1.82) is 0 Å². The average molecular weight is 281 g/mol. The fourth-order valence-electron chi connectivity index (χ4n) is 1.23. The topological polar surface area (TPSA) is 92.2 Å². The van der Waals surface area contributed by atoms with Crippen LogP contribution in [0.4, 0.5) is 0 Å². The van der Waals surface area contributed by atoms with Gasteiger partial charge in [-0.3, -0.25) is 0 Å². The summed E-state index contributed by atoms with van der Waals surface area (Å²) in [6.07, 6.45) is 0. The van der Waals surface area contributed by atoms with Crippen LogP contribution in [0.5, 0.6) is 0 Å². The molecule has 0 aliphatic rings. The SMILES string of the molecule is Cc1cc(C)c2ccsc2[s+]1.[O-][Cl+3]([O-])([O-])[O-]. The smallest absolute Gasteiger partial charge is 0.222 e. The van der Waals surface area contributed by atoms with E-state index >= 15 is 0 Å². The van der Waals surface area contributed by atoms with Crippen LogP contribution in [0.15, 0.2) is 17.5 Å². The summed E-state index contributed by atoms with van der Waals surface area (Å²) in [5, 5.41) is 3.58. The van der Waals surface area contributed by atoms with Crippen LogP contribution in [0.25, 0.3) is 9.40 Å². The normalized spacial score (nSPS) is 11.1. The van der Waals surface area contributed by atoms with Gasteiger partial charge in [0.15, 0.2) is 0 Å². The van der Waals surface area contributed by atoms with Crippen LogP contribution in [-0.4, -0.2) is 0 Å². The number of rotatable bonds is 0. The maximum Gasteiger partial charge on any atom is 0.285 e. The standard InChI is InChI=1S/C9H9S2.ClHO4/c1-6-5-7(2)11-9-8(6)3-4-10-9;2-1(3,4)5/h3-5H,1-2H3;(H,2,3,4,5)/q+1;/p-1. The van der Waals surface area contributed by atoms with E-state index in [1.165, 1.54) is 19.8 Å². The van der Waals surface area contributed by atoms with Gasteiger partial charge in [0.1, 0.15) is 4.88 Å². The molecule has 0 radical (unpaired) electrons. The summed E-state index contributed by atoms with van der Waals surface area (Å²) in [4.78, 5) is 1.40. The summed E-state index contributed by atoms with van der Waals surface area (Å²) in [6.45, 7) is 4.34. The van der Waals surface area contributed by atoms with Gasteiger partial charge in [0.25, 0.3) is 4.01 Å². The van der Waals surface area contributed by atoms with E-state index in [0.717, 1.165) is 0 Å². The highest BCUT2D eigenvalue weighted by molar-refractivity contribution is 7.37. The van der Waals surface area contributed by atoms with Crippen LogP contribution in [0.2, 0.25) is 0 Å². The molecule has 0 aliphatic heterocycles. The highest BCUT2D eigenvalue weighted by Gasteiger charge is 2.09. The van der Waals surface area contributed by atoms with E-state index in [-0.39, 0.29) is 0 Å². The van der Waals surface area contributed by atoms with Crippen molar-refractivity contribution in [2.24, 2.45) is 0 Å². The second-order valence-corrected chi connectivity index (χ2v) is 6.23. The van der Waals surface area contributed by atoms with Crippen molar-refractivity contribution in [2.45, 2.75) is 13.8 Å². The molecular formula is C9H9ClO4S2. The molecule has 0 saturated heterocycles. The third kappa shape index (κ3) is 4.67. The van der Waals surface area contributed by atoms with Crippen molar-refractivity contribution in [3.63, 3.8) is 0 Å². The molecule has 4 nitrogen and oxygen atoms in total. The fourth-order valence-corrected chi connectivity index (χ4v) is 3.53. The maximum atomic E-state index is 8.49. The molecule has 0 aromatic carbocycles. The molecule has 0 amide bonds. The Morgan fingerprint density at radius 1 is 1.19 bits per heavy atom. The van der Waals surface area contributed by atoms with Gasteiger partial charge in [0.2, 0.25) is 0 Å². The number of halogens is 1. The minimum absolute atomic E-state index is 1.40. The van der Waals surface area contributed by atoms with Crippen molar-refractivity contribution >= 4 is 32.1 Å². The van der Waals surface area contributed by atoms with Gasteiger partial charge in [-0.1, -0.05) is 0 Å². The van der Waals surface area contributed by atoms with Crippen molar-refractivity contribution in [2.75, 3.05) is 0 Å². The fraction of sp³-hybridized carbons (Fsp3) is 0.222. The Morgan fingerprint density at radius 2 is 1.75 bits per heavy atom. The molecular weight excluding hydrogens is 272 g/mol. The third-order valence-corrected chi connectivity index (χ3v) is 3.82. The molecule has 7 heteroatoms. The first-order valence-electron chi connectivity index (χ1n) is 4.16. The molecule has 16 heavy (non-hydrogen) atoms. The third-order valence-electron chi connectivity index (χ3n) is 1.73. The van der Waals surface area contributed by atoms with E-state index in [0.29, 0.717) is 0 Å². The quantitative estimate of drug-likeness (QED) is 0.585. The molecule has 0 N–H and O–H groups in total. The minimum Gasteiger partial charge on any atom is -0.222 e.